The van der Waals surface area contributed by atoms with E-state index in [1.165, 1.54) is 6.07 Å². The Hall–Kier alpha value is -1.89. The Labute approximate surface area is 118 Å². The molecule has 3 rings (SSSR count). The Morgan fingerprint density at radius 2 is 2.10 bits per heavy atom. The smallest absolute Gasteiger partial charge is 0.347 e. The zero-order chi connectivity index (χ0) is 15.0. The molecule has 0 radical (unpaired) electrons. The lowest BCUT2D eigenvalue weighted by Crippen LogP contribution is -2.30. The molecule has 21 heavy (non-hydrogen) atoms. The lowest BCUT2D eigenvalue weighted by atomic mass is 10.1. The zero-order valence-corrected chi connectivity index (χ0v) is 11.0. The van der Waals surface area contributed by atoms with Crippen LogP contribution in [0.15, 0.2) is 24.5 Å². The maximum atomic E-state index is 13.3. The van der Waals surface area contributed by atoms with E-state index in [4.69, 9.17) is 0 Å². The molecule has 0 unspecified atom stereocenters. The molecule has 7 heteroatoms. The van der Waals surface area contributed by atoms with Gasteiger partial charge in [-0.2, -0.15) is 13.2 Å². The minimum absolute atomic E-state index is 0.349. The number of benzene rings is 1. The monoisotopic (exact) mass is 299 g/mol. The number of hydrogen-bond acceptors (Lipinski definition) is 2. The summed E-state index contributed by atoms with van der Waals surface area (Å²) in [6.07, 6.45) is -2.29. The molecule has 112 valence electrons. The molecule has 0 aliphatic carbocycles. The van der Waals surface area contributed by atoms with Gasteiger partial charge in [0.1, 0.15) is 5.82 Å². The highest BCUT2D eigenvalue weighted by Gasteiger charge is 2.34. The van der Waals surface area contributed by atoms with E-state index in [0.29, 0.717) is 18.7 Å². The van der Waals surface area contributed by atoms with Crippen LogP contribution in [0.4, 0.5) is 17.6 Å². The van der Waals surface area contributed by atoms with Gasteiger partial charge in [-0.15, -0.1) is 0 Å². The summed E-state index contributed by atoms with van der Waals surface area (Å²) in [7, 11) is 0. The average Bonchev–Trinajstić information content (AvgIpc) is 2.87. The van der Waals surface area contributed by atoms with Crippen LogP contribution < -0.4 is 0 Å². The molecule has 1 aromatic heterocycles. The number of fused-ring (bicyclic) bond motifs is 1. The average molecular weight is 299 g/mol. The van der Waals surface area contributed by atoms with Crippen molar-refractivity contribution in [2.75, 3.05) is 6.54 Å². The van der Waals surface area contributed by atoms with E-state index in [9.17, 15) is 17.6 Å². The normalized spacial score (nSPS) is 16.0. The maximum Gasteiger partial charge on any atom is 0.419 e. The van der Waals surface area contributed by atoms with E-state index in [1.54, 1.807) is 6.33 Å². The number of nitrogens with one attached hydrogen (secondary N) is 1. The molecular weight excluding hydrogens is 286 g/mol. The predicted octanol–water partition coefficient (Wildman–Crippen LogP) is 3.13. The molecule has 2 aromatic rings. The molecule has 1 aliphatic rings. The summed E-state index contributed by atoms with van der Waals surface area (Å²) in [5.74, 6) is -1.24. The van der Waals surface area contributed by atoms with Crippen molar-refractivity contribution >= 4 is 0 Å². The Morgan fingerprint density at radius 3 is 2.86 bits per heavy atom. The van der Waals surface area contributed by atoms with Gasteiger partial charge in [-0.3, -0.25) is 4.90 Å². The van der Waals surface area contributed by atoms with Crippen molar-refractivity contribution in [1.29, 1.82) is 0 Å². The quantitative estimate of drug-likeness (QED) is 0.864. The van der Waals surface area contributed by atoms with Crippen LogP contribution in [0.2, 0.25) is 0 Å². The summed E-state index contributed by atoms with van der Waals surface area (Å²) in [5, 5.41) is 0. The third kappa shape index (κ3) is 2.92. The van der Waals surface area contributed by atoms with E-state index in [1.807, 2.05) is 4.90 Å². The first-order valence-electron chi connectivity index (χ1n) is 6.52. The number of imidazole rings is 1. The predicted molar refractivity (Wildman–Crippen MR) is 67.8 cm³/mol. The van der Waals surface area contributed by atoms with Crippen molar-refractivity contribution in [3.63, 3.8) is 0 Å². The first kappa shape index (κ1) is 14.1. The van der Waals surface area contributed by atoms with Crippen LogP contribution in [0.3, 0.4) is 0 Å². The van der Waals surface area contributed by atoms with Crippen molar-refractivity contribution in [3.05, 3.63) is 52.9 Å². The van der Waals surface area contributed by atoms with Gasteiger partial charge in [-0.25, -0.2) is 9.37 Å². The van der Waals surface area contributed by atoms with E-state index in [-0.39, 0.29) is 0 Å². The lowest BCUT2D eigenvalue weighted by Gasteiger charge is -2.26. The molecule has 0 saturated heterocycles. The molecule has 0 spiro atoms. The Bertz CT molecular complexity index is 648. The molecule has 0 fully saturated rings. The SMILES string of the molecule is Fc1ccc(CN2CCc3nc[nH]c3C2)cc1C(F)(F)F. The third-order valence-corrected chi connectivity index (χ3v) is 3.60. The number of rotatable bonds is 2. The van der Waals surface area contributed by atoms with Crippen LogP contribution in [0.25, 0.3) is 0 Å². The van der Waals surface area contributed by atoms with Crippen LogP contribution in [-0.4, -0.2) is 21.4 Å². The van der Waals surface area contributed by atoms with E-state index in [2.05, 4.69) is 9.97 Å². The molecule has 1 aliphatic heterocycles. The third-order valence-electron chi connectivity index (χ3n) is 3.60. The second-order valence-corrected chi connectivity index (χ2v) is 5.10. The Kier molecular flexibility index (Phi) is 3.44. The summed E-state index contributed by atoms with van der Waals surface area (Å²) in [6, 6.07) is 3.16. The van der Waals surface area contributed by atoms with Crippen molar-refractivity contribution < 1.29 is 17.6 Å². The molecule has 1 aromatic carbocycles. The number of alkyl halides is 3. The van der Waals surface area contributed by atoms with Gasteiger partial charge >= 0.3 is 6.18 Å². The molecule has 0 bridgehead atoms. The van der Waals surface area contributed by atoms with Crippen LogP contribution in [0, 0.1) is 5.82 Å². The molecule has 1 N–H and O–H groups in total. The lowest BCUT2D eigenvalue weighted by molar-refractivity contribution is -0.140. The van der Waals surface area contributed by atoms with Gasteiger partial charge in [-0.1, -0.05) is 6.07 Å². The first-order valence-corrected chi connectivity index (χ1v) is 6.52. The summed E-state index contributed by atoms with van der Waals surface area (Å²) >= 11 is 0. The number of hydrogen-bond donors (Lipinski definition) is 1. The van der Waals surface area contributed by atoms with E-state index in [0.717, 1.165) is 36.5 Å². The van der Waals surface area contributed by atoms with Gasteiger partial charge in [0.05, 0.1) is 23.3 Å². The van der Waals surface area contributed by atoms with Gasteiger partial charge in [0.2, 0.25) is 0 Å². The Balaban J connectivity index is 1.77. The summed E-state index contributed by atoms with van der Waals surface area (Å²) in [5.41, 5.74) is 1.23. The second kappa shape index (κ2) is 5.14. The van der Waals surface area contributed by atoms with Gasteiger partial charge in [-0.05, 0) is 17.7 Å². The van der Waals surface area contributed by atoms with Gasteiger partial charge in [0.25, 0.3) is 0 Å². The highest BCUT2D eigenvalue weighted by atomic mass is 19.4. The van der Waals surface area contributed by atoms with E-state index >= 15 is 0 Å². The number of H-pyrrole nitrogens is 1. The fraction of sp³-hybridized carbons (Fsp3) is 0.357. The van der Waals surface area contributed by atoms with Crippen LogP contribution in [0.1, 0.15) is 22.5 Å². The molecule has 3 nitrogen and oxygen atoms in total. The highest BCUT2D eigenvalue weighted by Crippen LogP contribution is 2.32. The summed E-state index contributed by atoms with van der Waals surface area (Å²) in [4.78, 5) is 9.21. The molecular formula is C14H13F4N3. The van der Waals surface area contributed by atoms with Crippen molar-refractivity contribution in [1.82, 2.24) is 14.9 Å². The highest BCUT2D eigenvalue weighted by molar-refractivity contribution is 5.27. The molecule has 2 heterocycles. The fourth-order valence-electron chi connectivity index (χ4n) is 2.55. The topological polar surface area (TPSA) is 31.9 Å². The summed E-state index contributed by atoms with van der Waals surface area (Å²) in [6.45, 7) is 1.67. The van der Waals surface area contributed by atoms with Crippen LogP contribution in [0.5, 0.6) is 0 Å². The minimum atomic E-state index is -4.67. The van der Waals surface area contributed by atoms with E-state index < -0.39 is 17.6 Å². The fourth-order valence-corrected chi connectivity index (χ4v) is 2.55. The van der Waals surface area contributed by atoms with Gasteiger partial charge in [0.15, 0.2) is 0 Å². The summed E-state index contributed by atoms with van der Waals surface area (Å²) < 4.78 is 51.3. The number of nitrogens with zero attached hydrogens (tertiary/aromatic N) is 2. The van der Waals surface area contributed by atoms with Crippen molar-refractivity contribution in [2.45, 2.75) is 25.7 Å². The number of aromatic amines is 1. The van der Waals surface area contributed by atoms with Crippen LogP contribution >= 0.6 is 0 Å². The zero-order valence-electron chi connectivity index (χ0n) is 11.0. The van der Waals surface area contributed by atoms with Crippen molar-refractivity contribution in [2.24, 2.45) is 0 Å². The molecule has 0 saturated carbocycles. The molecule has 0 amide bonds. The number of aromatic nitrogens is 2. The second-order valence-electron chi connectivity index (χ2n) is 5.10. The standard InChI is InChI=1S/C14H13F4N3/c15-11-2-1-9(5-10(11)14(16,17)18)6-21-4-3-12-13(7-21)20-8-19-12/h1-2,5,8H,3-4,6-7H2,(H,19,20). The van der Waals surface area contributed by atoms with Gasteiger partial charge in [0, 0.05) is 26.1 Å². The molecule has 0 atom stereocenters. The van der Waals surface area contributed by atoms with Gasteiger partial charge < -0.3 is 4.98 Å². The first-order chi connectivity index (χ1) is 9.93. The number of halogens is 4. The maximum absolute atomic E-state index is 13.3. The Morgan fingerprint density at radius 1 is 1.29 bits per heavy atom. The van der Waals surface area contributed by atoms with Crippen molar-refractivity contribution in [3.8, 4) is 0 Å². The largest absolute Gasteiger partial charge is 0.419 e. The minimum Gasteiger partial charge on any atom is -0.347 e. The van der Waals surface area contributed by atoms with Crippen LogP contribution in [-0.2, 0) is 25.7 Å².